The van der Waals surface area contributed by atoms with Crippen molar-refractivity contribution >= 4 is 44.3 Å². The SMILES string of the molecule is Cc1nc2ccccc2c(C)c1C(=O)OCC(=O)N(C)Cc1nc2ccccc2s1. The Morgan fingerprint density at radius 3 is 2.47 bits per heavy atom. The van der Waals surface area contributed by atoms with Crippen LogP contribution in [-0.2, 0) is 16.1 Å². The molecule has 0 aliphatic heterocycles. The fourth-order valence-corrected chi connectivity index (χ4v) is 4.44. The van der Waals surface area contributed by atoms with Crippen LogP contribution < -0.4 is 0 Å². The Balaban J connectivity index is 1.43. The maximum absolute atomic E-state index is 12.7. The van der Waals surface area contributed by atoms with Gasteiger partial charge >= 0.3 is 5.97 Å². The number of thiazole rings is 1. The first kappa shape index (κ1) is 20.0. The number of aromatic nitrogens is 2. The van der Waals surface area contributed by atoms with Gasteiger partial charge in [-0.2, -0.15) is 0 Å². The zero-order valence-corrected chi connectivity index (χ0v) is 17.8. The number of hydrogen-bond acceptors (Lipinski definition) is 6. The second-order valence-corrected chi connectivity index (χ2v) is 8.23. The van der Waals surface area contributed by atoms with E-state index >= 15 is 0 Å². The molecule has 0 saturated heterocycles. The molecule has 152 valence electrons. The van der Waals surface area contributed by atoms with Gasteiger partial charge in [-0.25, -0.2) is 9.78 Å². The third kappa shape index (κ3) is 3.89. The molecule has 7 heteroatoms. The fourth-order valence-electron chi connectivity index (χ4n) is 3.42. The van der Waals surface area contributed by atoms with Crippen molar-refractivity contribution in [3.05, 3.63) is 70.4 Å². The van der Waals surface area contributed by atoms with Crippen LogP contribution in [0.25, 0.3) is 21.1 Å². The lowest BCUT2D eigenvalue weighted by Gasteiger charge is -2.16. The highest BCUT2D eigenvalue weighted by molar-refractivity contribution is 7.18. The van der Waals surface area contributed by atoms with E-state index in [9.17, 15) is 9.59 Å². The van der Waals surface area contributed by atoms with Crippen LogP contribution in [0, 0.1) is 13.8 Å². The maximum Gasteiger partial charge on any atom is 0.340 e. The van der Waals surface area contributed by atoms with Crippen molar-refractivity contribution in [3.63, 3.8) is 0 Å². The lowest BCUT2D eigenvalue weighted by molar-refractivity contribution is -0.133. The molecule has 1 amide bonds. The third-order valence-electron chi connectivity index (χ3n) is 5.00. The Morgan fingerprint density at radius 2 is 1.70 bits per heavy atom. The van der Waals surface area contributed by atoms with Crippen LogP contribution in [0.2, 0.25) is 0 Å². The molecule has 0 radical (unpaired) electrons. The molecule has 0 atom stereocenters. The Bertz CT molecular complexity index is 1230. The van der Waals surface area contributed by atoms with E-state index in [0.29, 0.717) is 17.8 Å². The smallest absolute Gasteiger partial charge is 0.340 e. The highest BCUT2D eigenvalue weighted by atomic mass is 32.1. The Kier molecular flexibility index (Phi) is 5.46. The highest BCUT2D eigenvalue weighted by Crippen LogP contribution is 2.24. The zero-order chi connectivity index (χ0) is 21.3. The fraction of sp³-hybridized carbons (Fsp3) is 0.217. The minimum Gasteiger partial charge on any atom is -0.452 e. The summed E-state index contributed by atoms with van der Waals surface area (Å²) in [6.07, 6.45) is 0. The molecule has 4 aromatic rings. The van der Waals surface area contributed by atoms with Gasteiger partial charge in [-0.15, -0.1) is 11.3 Å². The van der Waals surface area contributed by atoms with Gasteiger partial charge in [0.2, 0.25) is 0 Å². The van der Waals surface area contributed by atoms with Gasteiger partial charge in [-0.05, 0) is 37.6 Å². The van der Waals surface area contributed by atoms with Gasteiger partial charge in [0.05, 0.1) is 33.5 Å². The number of benzene rings is 2. The maximum atomic E-state index is 12.7. The second kappa shape index (κ2) is 8.20. The number of fused-ring (bicyclic) bond motifs is 2. The number of aryl methyl sites for hydroxylation is 2. The summed E-state index contributed by atoms with van der Waals surface area (Å²) in [7, 11) is 1.68. The van der Waals surface area contributed by atoms with Gasteiger partial charge in [0.15, 0.2) is 6.61 Å². The molecular formula is C23H21N3O3S. The number of esters is 1. The number of ether oxygens (including phenoxy) is 1. The number of carbonyl (C=O) groups excluding carboxylic acids is 2. The van der Waals surface area contributed by atoms with Gasteiger partial charge in [-0.1, -0.05) is 30.3 Å². The monoisotopic (exact) mass is 419 g/mol. The van der Waals surface area contributed by atoms with Gasteiger partial charge in [0, 0.05) is 12.4 Å². The minimum absolute atomic E-state index is 0.285. The van der Waals surface area contributed by atoms with Crippen molar-refractivity contribution in [2.75, 3.05) is 13.7 Å². The number of rotatable bonds is 5. The van der Waals surface area contributed by atoms with Crippen molar-refractivity contribution in [2.45, 2.75) is 20.4 Å². The number of carbonyl (C=O) groups is 2. The van der Waals surface area contributed by atoms with Crippen LogP contribution in [-0.4, -0.2) is 40.4 Å². The Hall–Kier alpha value is -3.32. The second-order valence-electron chi connectivity index (χ2n) is 7.12. The standard InChI is InChI=1S/C23H21N3O3S/c1-14-16-8-4-5-9-17(16)24-15(2)22(14)23(28)29-13-21(27)26(3)12-20-25-18-10-6-7-11-19(18)30-20/h4-11H,12-13H2,1-3H3. The molecule has 30 heavy (non-hydrogen) atoms. The van der Waals surface area contributed by atoms with E-state index in [1.807, 2.05) is 55.5 Å². The molecule has 0 aliphatic carbocycles. The number of nitrogens with zero attached hydrogens (tertiary/aromatic N) is 3. The first-order chi connectivity index (χ1) is 14.4. The molecule has 0 fully saturated rings. The van der Waals surface area contributed by atoms with Crippen LogP contribution in [0.1, 0.15) is 26.6 Å². The third-order valence-corrected chi connectivity index (χ3v) is 6.02. The molecule has 0 saturated carbocycles. The topological polar surface area (TPSA) is 72.4 Å². The Morgan fingerprint density at radius 1 is 1.00 bits per heavy atom. The van der Waals surface area contributed by atoms with Crippen LogP contribution in [0.5, 0.6) is 0 Å². The summed E-state index contributed by atoms with van der Waals surface area (Å²) in [6.45, 7) is 3.68. The van der Waals surface area contributed by atoms with Crippen LogP contribution >= 0.6 is 11.3 Å². The van der Waals surface area contributed by atoms with Crippen molar-refractivity contribution < 1.29 is 14.3 Å². The van der Waals surface area contributed by atoms with Crippen LogP contribution in [0.4, 0.5) is 0 Å². The summed E-state index contributed by atoms with van der Waals surface area (Å²) in [4.78, 5) is 35.7. The average molecular weight is 420 g/mol. The summed E-state index contributed by atoms with van der Waals surface area (Å²) < 4.78 is 6.41. The predicted octanol–water partition coefficient (Wildman–Crippen LogP) is 4.28. The Labute approximate surface area is 178 Å². The molecule has 4 rings (SSSR count). The average Bonchev–Trinajstić information content (AvgIpc) is 3.14. The van der Waals surface area contributed by atoms with E-state index in [1.165, 1.54) is 4.90 Å². The highest BCUT2D eigenvalue weighted by Gasteiger charge is 2.20. The molecular weight excluding hydrogens is 398 g/mol. The first-order valence-corrected chi connectivity index (χ1v) is 10.4. The van der Waals surface area contributed by atoms with Crippen molar-refractivity contribution in [3.8, 4) is 0 Å². The summed E-state index contributed by atoms with van der Waals surface area (Å²) in [5.41, 5.74) is 3.55. The van der Waals surface area contributed by atoms with E-state index in [2.05, 4.69) is 9.97 Å². The van der Waals surface area contributed by atoms with Gasteiger partial charge in [0.25, 0.3) is 5.91 Å². The first-order valence-electron chi connectivity index (χ1n) is 9.55. The molecule has 2 heterocycles. The van der Waals surface area contributed by atoms with Gasteiger partial charge in [-0.3, -0.25) is 9.78 Å². The predicted molar refractivity (Wildman–Crippen MR) is 118 cm³/mol. The van der Waals surface area contributed by atoms with Crippen molar-refractivity contribution in [1.29, 1.82) is 0 Å². The lowest BCUT2D eigenvalue weighted by Crippen LogP contribution is -2.31. The number of amides is 1. The number of likely N-dealkylation sites (N-methyl/N-ethyl adjacent to an activating group) is 1. The van der Waals surface area contributed by atoms with Gasteiger partial charge in [0.1, 0.15) is 5.01 Å². The normalized spacial score (nSPS) is 11.0. The van der Waals surface area contributed by atoms with Crippen molar-refractivity contribution in [1.82, 2.24) is 14.9 Å². The molecule has 2 aromatic carbocycles. The molecule has 2 aromatic heterocycles. The minimum atomic E-state index is -0.537. The van der Waals surface area contributed by atoms with E-state index in [4.69, 9.17) is 4.74 Å². The molecule has 0 bridgehead atoms. The summed E-state index contributed by atoms with van der Waals surface area (Å²) in [5, 5.41) is 1.73. The number of hydrogen-bond donors (Lipinski definition) is 0. The zero-order valence-electron chi connectivity index (χ0n) is 17.0. The van der Waals surface area contributed by atoms with E-state index < -0.39 is 5.97 Å². The summed E-state index contributed by atoms with van der Waals surface area (Å²) >= 11 is 1.55. The van der Waals surface area contributed by atoms with E-state index in [1.54, 1.807) is 25.3 Å². The molecule has 6 nitrogen and oxygen atoms in total. The summed E-state index contributed by atoms with van der Waals surface area (Å²) in [5.74, 6) is -0.823. The van der Waals surface area contributed by atoms with E-state index in [-0.39, 0.29) is 12.5 Å². The largest absolute Gasteiger partial charge is 0.452 e. The van der Waals surface area contributed by atoms with Crippen molar-refractivity contribution in [2.24, 2.45) is 0 Å². The number of para-hydroxylation sites is 2. The van der Waals surface area contributed by atoms with Crippen LogP contribution in [0.15, 0.2) is 48.5 Å². The molecule has 0 aliphatic rings. The van der Waals surface area contributed by atoms with Gasteiger partial charge < -0.3 is 9.64 Å². The van der Waals surface area contributed by atoms with Crippen LogP contribution in [0.3, 0.4) is 0 Å². The quantitative estimate of drug-likeness (QED) is 0.452. The summed E-state index contributed by atoms with van der Waals surface area (Å²) in [6, 6.07) is 15.5. The number of pyridine rings is 1. The molecule has 0 spiro atoms. The lowest BCUT2D eigenvalue weighted by atomic mass is 10.0. The molecule has 0 N–H and O–H groups in total. The van der Waals surface area contributed by atoms with E-state index in [0.717, 1.165) is 31.7 Å². The molecule has 0 unspecified atom stereocenters.